The van der Waals surface area contributed by atoms with Crippen LogP contribution in [-0.4, -0.2) is 32.2 Å². The van der Waals surface area contributed by atoms with Crippen LogP contribution in [0.5, 0.6) is 11.5 Å². The van der Waals surface area contributed by atoms with Gasteiger partial charge in [-0.1, -0.05) is 28.1 Å². The molecule has 0 radical (unpaired) electrons. The predicted molar refractivity (Wildman–Crippen MR) is 111 cm³/mol. The number of carbonyl (C=O) groups is 2. The average Bonchev–Trinajstić information content (AvgIpc) is 2.70. The van der Waals surface area contributed by atoms with Gasteiger partial charge in [0.2, 0.25) is 0 Å². The number of halogens is 1. The zero-order chi connectivity index (χ0) is 21.2. The van der Waals surface area contributed by atoms with E-state index in [0.717, 1.165) is 4.47 Å². The Morgan fingerprint density at radius 3 is 2.66 bits per heavy atom. The fraction of sp³-hybridized carbons (Fsp3) is 0.190. The summed E-state index contributed by atoms with van der Waals surface area (Å²) in [4.78, 5) is 23.8. The Morgan fingerprint density at radius 1 is 1.21 bits per heavy atom. The van der Waals surface area contributed by atoms with Crippen LogP contribution in [-0.2, 0) is 14.3 Å². The molecule has 0 unspecified atom stereocenters. The number of rotatable bonds is 8. The van der Waals surface area contributed by atoms with Crippen LogP contribution in [0.4, 0.5) is 5.69 Å². The lowest BCUT2D eigenvalue weighted by atomic mass is 10.1. The van der Waals surface area contributed by atoms with Gasteiger partial charge in [0.15, 0.2) is 18.1 Å². The first kappa shape index (κ1) is 22.0. The number of nitriles is 1. The number of nitrogens with zero attached hydrogens (tertiary/aromatic N) is 1. The number of esters is 1. The molecule has 2 aromatic carbocycles. The maximum Gasteiger partial charge on any atom is 0.344 e. The zero-order valence-corrected chi connectivity index (χ0v) is 17.5. The van der Waals surface area contributed by atoms with Gasteiger partial charge < -0.3 is 19.5 Å². The molecule has 0 saturated heterocycles. The second-order valence-electron chi connectivity index (χ2n) is 5.64. The molecule has 7 nitrogen and oxygen atoms in total. The van der Waals surface area contributed by atoms with Crippen molar-refractivity contribution in [1.82, 2.24) is 0 Å². The van der Waals surface area contributed by atoms with Gasteiger partial charge in [0.25, 0.3) is 5.91 Å². The highest BCUT2D eigenvalue weighted by molar-refractivity contribution is 9.10. The van der Waals surface area contributed by atoms with Gasteiger partial charge in [-0.25, -0.2) is 4.79 Å². The summed E-state index contributed by atoms with van der Waals surface area (Å²) in [6, 6.07) is 13.8. The first-order valence-corrected chi connectivity index (χ1v) is 9.41. The molecule has 150 valence electrons. The van der Waals surface area contributed by atoms with E-state index in [-0.39, 0.29) is 18.8 Å². The Balaban J connectivity index is 2.16. The third-order valence-corrected chi connectivity index (χ3v) is 4.09. The zero-order valence-electron chi connectivity index (χ0n) is 15.9. The van der Waals surface area contributed by atoms with Crippen molar-refractivity contribution in [2.45, 2.75) is 6.92 Å². The van der Waals surface area contributed by atoms with E-state index in [4.69, 9.17) is 14.2 Å². The van der Waals surface area contributed by atoms with Crippen molar-refractivity contribution in [3.05, 3.63) is 58.1 Å². The first-order chi connectivity index (χ1) is 14.0. The summed E-state index contributed by atoms with van der Waals surface area (Å²) in [5.74, 6) is -0.329. The summed E-state index contributed by atoms with van der Waals surface area (Å²) in [6.45, 7) is 1.72. The minimum Gasteiger partial charge on any atom is -0.493 e. The van der Waals surface area contributed by atoms with E-state index < -0.39 is 11.9 Å². The van der Waals surface area contributed by atoms with Crippen molar-refractivity contribution < 1.29 is 23.8 Å². The van der Waals surface area contributed by atoms with E-state index in [0.29, 0.717) is 22.7 Å². The number of nitrogens with one attached hydrogen (secondary N) is 1. The van der Waals surface area contributed by atoms with Crippen molar-refractivity contribution in [3.63, 3.8) is 0 Å². The van der Waals surface area contributed by atoms with E-state index in [1.54, 1.807) is 43.3 Å². The minimum atomic E-state index is -0.535. The van der Waals surface area contributed by atoms with Gasteiger partial charge >= 0.3 is 5.97 Å². The maximum atomic E-state index is 12.4. The molecule has 0 saturated carbocycles. The lowest BCUT2D eigenvalue weighted by Crippen LogP contribution is -2.15. The fourth-order valence-electron chi connectivity index (χ4n) is 2.31. The predicted octanol–water partition coefficient (Wildman–Crippen LogP) is 3.95. The number of hydrogen-bond donors (Lipinski definition) is 1. The Morgan fingerprint density at radius 2 is 2.00 bits per heavy atom. The van der Waals surface area contributed by atoms with Crippen molar-refractivity contribution in [1.29, 1.82) is 5.26 Å². The van der Waals surface area contributed by atoms with E-state index in [1.165, 1.54) is 13.2 Å². The lowest BCUT2D eigenvalue weighted by molar-refractivity contribution is -0.145. The number of amides is 1. The third-order valence-electron chi connectivity index (χ3n) is 3.60. The number of ether oxygens (including phenoxy) is 3. The summed E-state index contributed by atoms with van der Waals surface area (Å²) in [6.07, 6.45) is 1.44. The Kier molecular flexibility index (Phi) is 8.25. The van der Waals surface area contributed by atoms with Gasteiger partial charge in [-0.15, -0.1) is 0 Å². The summed E-state index contributed by atoms with van der Waals surface area (Å²) in [5.41, 5.74) is 1.05. The number of benzene rings is 2. The summed E-state index contributed by atoms with van der Waals surface area (Å²) >= 11 is 3.33. The third kappa shape index (κ3) is 6.66. The highest BCUT2D eigenvalue weighted by atomic mass is 79.9. The molecule has 1 N–H and O–H groups in total. The van der Waals surface area contributed by atoms with Gasteiger partial charge in [0.1, 0.15) is 11.6 Å². The SMILES string of the molecule is CCOC(=O)COc1ccc(/C=C(/C#N)C(=O)Nc2cccc(Br)c2)cc1OC. The van der Waals surface area contributed by atoms with E-state index >= 15 is 0 Å². The van der Waals surface area contributed by atoms with E-state index in [1.807, 2.05) is 12.1 Å². The van der Waals surface area contributed by atoms with Crippen LogP contribution in [0.1, 0.15) is 12.5 Å². The highest BCUT2D eigenvalue weighted by Crippen LogP contribution is 2.29. The molecule has 0 aromatic heterocycles. The molecule has 2 aromatic rings. The molecule has 0 aliphatic rings. The Bertz CT molecular complexity index is 966. The largest absolute Gasteiger partial charge is 0.493 e. The van der Waals surface area contributed by atoms with Gasteiger partial charge in [0, 0.05) is 10.2 Å². The second-order valence-corrected chi connectivity index (χ2v) is 6.55. The summed E-state index contributed by atoms with van der Waals surface area (Å²) in [5, 5.41) is 12.0. The molecule has 0 aliphatic carbocycles. The highest BCUT2D eigenvalue weighted by Gasteiger charge is 2.12. The van der Waals surface area contributed by atoms with Crippen LogP contribution >= 0.6 is 15.9 Å². The van der Waals surface area contributed by atoms with Crippen molar-refractivity contribution >= 4 is 39.6 Å². The maximum absolute atomic E-state index is 12.4. The van der Waals surface area contributed by atoms with Crippen LogP contribution in [0.2, 0.25) is 0 Å². The molecule has 2 rings (SSSR count). The average molecular weight is 459 g/mol. The minimum absolute atomic E-state index is 0.0766. The molecule has 29 heavy (non-hydrogen) atoms. The Labute approximate surface area is 177 Å². The topological polar surface area (TPSA) is 97.7 Å². The monoisotopic (exact) mass is 458 g/mol. The molecule has 0 fully saturated rings. The van der Waals surface area contributed by atoms with Crippen LogP contribution in [0.25, 0.3) is 6.08 Å². The van der Waals surface area contributed by atoms with E-state index in [2.05, 4.69) is 21.2 Å². The number of hydrogen-bond acceptors (Lipinski definition) is 6. The van der Waals surface area contributed by atoms with Crippen LogP contribution in [0.3, 0.4) is 0 Å². The van der Waals surface area contributed by atoms with Crippen LogP contribution in [0.15, 0.2) is 52.5 Å². The van der Waals surface area contributed by atoms with Crippen molar-refractivity contribution in [3.8, 4) is 17.6 Å². The van der Waals surface area contributed by atoms with E-state index in [9.17, 15) is 14.9 Å². The van der Waals surface area contributed by atoms with Gasteiger partial charge in [-0.2, -0.15) is 5.26 Å². The molecule has 0 spiro atoms. The molecule has 8 heteroatoms. The second kappa shape index (κ2) is 10.9. The normalized spacial score (nSPS) is 10.6. The summed E-state index contributed by atoms with van der Waals surface area (Å²) in [7, 11) is 1.45. The van der Waals surface area contributed by atoms with Gasteiger partial charge in [-0.05, 0) is 48.9 Å². The number of methoxy groups -OCH3 is 1. The summed E-state index contributed by atoms with van der Waals surface area (Å²) < 4.78 is 16.3. The first-order valence-electron chi connectivity index (χ1n) is 8.62. The molecule has 0 bridgehead atoms. The molecule has 1 amide bonds. The molecular weight excluding hydrogens is 440 g/mol. The molecular formula is C21H19BrN2O5. The van der Waals surface area contributed by atoms with Crippen molar-refractivity contribution in [2.24, 2.45) is 0 Å². The molecule has 0 atom stereocenters. The lowest BCUT2D eigenvalue weighted by Gasteiger charge is -2.11. The fourth-order valence-corrected chi connectivity index (χ4v) is 2.71. The quantitative estimate of drug-likeness (QED) is 0.365. The number of carbonyl (C=O) groups excluding carboxylic acids is 2. The standard InChI is InChI=1S/C21H19BrN2O5/c1-3-28-20(25)13-29-18-8-7-14(10-19(18)27-2)9-15(12-23)21(26)24-17-6-4-5-16(22)11-17/h4-11H,3,13H2,1-2H3,(H,24,26)/b15-9-. The van der Waals surface area contributed by atoms with Gasteiger partial charge in [0.05, 0.1) is 13.7 Å². The molecule has 0 aliphatic heterocycles. The van der Waals surface area contributed by atoms with Gasteiger partial charge in [-0.3, -0.25) is 4.79 Å². The number of anilines is 1. The van der Waals surface area contributed by atoms with Crippen molar-refractivity contribution in [2.75, 3.05) is 25.6 Å². The molecule has 0 heterocycles. The van der Waals surface area contributed by atoms with Crippen LogP contribution < -0.4 is 14.8 Å². The van der Waals surface area contributed by atoms with Crippen LogP contribution in [0, 0.1) is 11.3 Å². The smallest absolute Gasteiger partial charge is 0.344 e. The Hall–Kier alpha value is -3.31.